The number of benzene rings is 3. The molecule has 0 fully saturated rings. The van der Waals surface area contributed by atoms with Crippen LogP contribution in [-0.2, 0) is 21.4 Å². The minimum absolute atomic E-state index is 0.125. The topological polar surface area (TPSA) is 138 Å². The Morgan fingerprint density at radius 3 is 2.36 bits per heavy atom. The third-order valence-electron chi connectivity index (χ3n) is 5.59. The summed E-state index contributed by atoms with van der Waals surface area (Å²) in [5, 5.41) is 16.0. The Morgan fingerprint density at radius 1 is 0.972 bits per heavy atom. The van der Waals surface area contributed by atoms with Crippen molar-refractivity contribution >= 4 is 49.6 Å². The summed E-state index contributed by atoms with van der Waals surface area (Å²) in [4.78, 5) is 23.6. The van der Waals surface area contributed by atoms with Crippen molar-refractivity contribution in [3.8, 4) is 0 Å². The van der Waals surface area contributed by atoms with Gasteiger partial charge >= 0.3 is 12.0 Å². The first-order chi connectivity index (χ1) is 17.0. The van der Waals surface area contributed by atoms with Gasteiger partial charge < -0.3 is 20.2 Å². The van der Waals surface area contributed by atoms with Gasteiger partial charge in [0, 0.05) is 29.1 Å². The monoisotopic (exact) mass is 513 g/mol. The van der Waals surface area contributed by atoms with Crippen molar-refractivity contribution in [2.75, 3.05) is 5.32 Å². The molecule has 0 spiro atoms. The van der Waals surface area contributed by atoms with Crippen molar-refractivity contribution in [2.45, 2.75) is 31.3 Å². The molecule has 3 aromatic carbocycles. The summed E-state index contributed by atoms with van der Waals surface area (Å²) in [5.74, 6) is -2.07. The van der Waals surface area contributed by atoms with E-state index >= 15 is 0 Å². The average Bonchev–Trinajstić information content (AvgIpc) is 3.19. The van der Waals surface area contributed by atoms with Crippen molar-refractivity contribution < 1.29 is 31.9 Å². The standard InChI is InChI=1S/C25H24FN3O6S/c1-14(2)23(24(30)31)29-36(33,34)18-8-9-19-20-11-17(7-10-21(20)35-22(19)12-18)28-25(32)27-13-15-3-5-16(26)6-4-15/h3-12,14,23,29H,13H2,1-2H3,(H,30,31)(H2,27,28,32)/t23-/m0/s1. The van der Waals surface area contributed by atoms with Gasteiger partial charge in [-0.15, -0.1) is 0 Å². The summed E-state index contributed by atoms with van der Waals surface area (Å²) in [6.45, 7) is 3.44. The number of carboxylic acid groups (broad SMARTS) is 1. The molecule has 2 amide bonds. The largest absolute Gasteiger partial charge is 0.480 e. The van der Waals surface area contributed by atoms with Gasteiger partial charge in [0.2, 0.25) is 10.0 Å². The highest BCUT2D eigenvalue weighted by atomic mass is 32.2. The van der Waals surface area contributed by atoms with Crippen LogP contribution in [0, 0.1) is 11.7 Å². The Kier molecular flexibility index (Phi) is 6.95. The number of amides is 2. The molecule has 0 aliphatic heterocycles. The summed E-state index contributed by atoms with van der Waals surface area (Å²) in [5.41, 5.74) is 2.00. The number of aliphatic carboxylic acids is 1. The predicted molar refractivity (Wildman–Crippen MR) is 133 cm³/mol. The fourth-order valence-electron chi connectivity index (χ4n) is 3.67. The van der Waals surface area contributed by atoms with Crippen molar-refractivity contribution in [3.63, 3.8) is 0 Å². The Hall–Kier alpha value is -3.96. The number of hydrogen-bond acceptors (Lipinski definition) is 5. The Morgan fingerprint density at radius 2 is 1.69 bits per heavy atom. The van der Waals surface area contributed by atoms with Crippen LogP contribution >= 0.6 is 0 Å². The fourth-order valence-corrected chi connectivity index (χ4v) is 5.02. The zero-order chi connectivity index (χ0) is 26.0. The van der Waals surface area contributed by atoms with E-state index in [9.17, 15) is 27.5 Å². The highest BCUT2D eigenvalue weighted by molar-refractivity contribution is 7.89. The SMILES string of the molecule is CC(C)[C@H](NS(=O)(=O)c1ccc2c(c1)oc1ccc(NC(=O)NCc3ccc(F)cc3)cc12)C(=O)O. The second kappa shape index (κ2) is 9.96. The first kappa shape index (κ1) is 25.1. The maximum Gasteiger partial charge on any atom is 0.322 e. The van der Waals surface area contributed by atoms with E-state index in [0.29, 0.717) is 27.6 Å². The van der Waals surface area contributed by atoms with Crippen molar-refractivity contribution in [1.29, 1.82) is 0 Å². The van der Waals surface area contributed by atoms with E-state index in [1.807, 2.05) is 0 Å². The summed E-state index contributed by atoms with van der Waals surface area (Å²) in [6, 6.07) is 13.3. The lowest BCUT2D eigenvalue weighted by Gasteiger charge is -2.17. The maximum absolute atomic E-state index is 13.0. The molecule has 1 heterocycles. The highest BCUT2D eigenvalue weighted by Gasteiger charge is 2.28. The number of sulfonamides is 1. The van der Waals surface area contributed by atoms with E-state index in [4.69, 9.17) is 4.42 Å². The van der Waals surface area contributed by atoms with E-state index in [1.165, 1.54) is 24.3 Å². The van der Waals surface area contributed by atoms with Crippen LogP contribution in [0.1, 0.15) is 19.4 Å². The second-order valence-electron chi connectivity index (χ2n) is 8.59. The fraction of sp³-hybridized carbons (Fsp3) is 0.200. The van der Waals surface area contributed by atoms with Crippen molar-refractivity contribution in [3.05, 3.63) is 72.0 Å². The molecular weight excluding hydrogens is 489 g/mol. The van der Waals surface area contributed by atoms with E-state index in [2.05, 4.69) is 15.4 Å². The van der Waals surface area contributed by atoms with Gasteiger partial charge in [-0.25, -0.2) is 17.6 Å². The predicted octanol–water partition coefficient (Wildman–Crippen LogP) is 4.43. The summed E-state index contributed by atoms with van der Waals surface area (Å²) < 4.78 is 46.6. The van der Waals surface area contributed by atoms with E-state index in [-0.39, 0.29) is 17.3 Å². The summed E-state index contributed by atoms with van der Waals surface area (Å²) >= 11 is 0. The minimum atomic E-state index is -4.11. The average molecular weight is 514 g/mol. The molecule has 0 bridgehead atoms. The number of carbonyl (C=O) groups is 2. The normalized spacial score (nSPS) is 12.7. The van der Waals surface area contributed by atoms with Crippen molar-refractivity contribution in [2.24, 2.45) is 5.92 Å². The van der Waals surface area contributed by atoms with Crippen LogP contribution in [0.25, 0.3) is 21.9 Å². The number of furan rings is 1. The zero-order valence-corrected chi connectivity index (χ0v) is 20.2. The van der Waals surface area contributed by atoms with Gasteiger partial charge in [-0.1, -0.05) is 26.0 Å². The zero-order valence-electron chi connectivity index (χ0n) is 19.4. The van der Waals surface area contributed by atoms with Gasteiger partial charge in [-0.2, -0.15) is 4.72 Å². The van der Waals surface area contributed by atoms with Crippen LogP contribution in [0.15, 0.2) is 70.0 Å². The molecule has 1 atom stereocenters. The van der Waals surface area contributed by atoms with Gasteiger partial charge in [0.05, 0.1) is 4.90 Å². The molecule has 0 aliphatic carbocycles. The van der Waals surface area contributed by atoms with E-state index in [1.54, 1.807) is 50.2 Å². The van der Waals surface area contributed by atoms with E-state index < -0.39 is 34.0 Å². The quantitative estimate of drug-likeness (QED) is 0.275. The molecule has 4 aromatic rings. The molecule has 4 N–H and O–H groups in total. The van der Waals surface area contributed by atoms with E-state index in [0.717, 1.165) is 5.56 Å². The highest BCUT2D eigenvalue weighted by Crippen LogP contribution is 2.32. The molecule has 36 heavy (non-hydrogen) atoms. The molecule has 1 aromatic heterocycles. The lowest BCUT2D eigenvalue weighted by molar-refractivity contribution is -0.140. The number of anilines is 1. The number of halogens is 1. The van der Waals surface area contributed by atoms with Gasteiger partial charge in [0.1, 0.15) is 23.0 Å². The van der Waals surface area contributed by atoms with Gasteiger partial charge in [0.15, 0.2) is 0 Å². The molecule has 188 valence electrons. The van der Waals surface area contributed by atoms with Crippen molar-refractivity contribution in [1.82, 2.24) is 10.0 Å². The Balaban J connectivity index is 1.53. The van der Waals surface area contributed by atoms with Gasteiger partial charge in [0.25, 0.3) is 0 Å². The van der Waals surface area contributed by atoms with Crippen LogP contribution < -0.4 is 15.4 Å². The van der Waals surface area contributed by atoms with Crippen LogP contribution in [0.3, 0.4) is 0 Å². The molecule has 4 rings (SSSR count). The number of nitrogens with one attached hydrogen (secondary N) is 3. The Labute approximate surface area is 206 Å². The number of fused-ring (bicyclic) bond motifs is 3. The Bertz CT molecular complexity index is 1550. The smallest absolute Gasteiger partial charge is 0.322 e. The molecule has 9 nitrogen and oxygen atoms in total. The first-order valence-electron chi connectivity index (χ1n) is 11.0. The lowest BCUT2D eigenvalue weighted by atomic mass is 10.1. The number of carbonyl (C=O) groups excluding carboxylic acids is 1. The van der Waals surface area contributed by atoms with Crippen LogP contribution in [-0.4, -0.2) is 31.6 Å². The summed E-state index contributed by atoms with van der Waals surface area (Å²) in [6.07, 6.45) is 0. The molecule has 0 aliphatic rings. The molecule has 0 saturated heterocycles. The van der Waals surface area contributed by atoms with Crippen LogP contribution in [0.4, 0.5) is 14.9 Å². The van der Waals surface area contributed by atoms with Gasteiger partial charge in [-0.05, 0) is 53.9 Å². The second-order valence-corrected chi connectivity index (χ2v) is 10.3. The molecule has 0 saturated carbocycles. The minimum Gasteiger partial charge on any atom is -0.480 e. The number of rotatable bonds is 8. The molecular formula is C25H24FN3O6S. The summed E-state index contributed by atoms with van der Waals surface area (Å²) in [7, 11) is -4.11. The third kappa shape index (κ3) is 5.47. The number of hydrogen-bond donors (Lipinski definition) is 4. The third-order valence-corrected chi connectivity index (χ3v) is 7.03. The van der Waals surface area contributed by atoms with Gasteiger partial charge in [-0.3, -0.25) is 4.79 Å². The molecule has 0 unspecified atom stereocenters. The first-order valence-corrected chi connectivity index (χ1v) is 12.5. The lowest BCUT2D eigenvalue weighted by Crippen LogP contribution is -2.44. The van der Waals surface area contributed by atoms with Crippen LogP contribution in [0.2, 0.25) is 0 Å². The molecule has 0 radical (unpaired) electrons. The van der Waals surface area contributed by atoms with Crippen LogP contribution in [0.5, 0.6) is 0 Å². The number of carboxylic acids is 1. The maximum atomic E-state index is 13.0. The molecule has 11 heteroatoms. The number of urea groups is 1.